The van der Waals surface area contributed by atoms with E-state index in [1.807, 2.05) is 13.0 Å². The maximum atomic E-state index is 12.4. The molecule has 1 aromatic carbocycles. The van der Waals surface area contributed by atoms with E-state index in [-0.39, 0.29) is 11.7 Å². The van der Waals surface area contributed by atoms with Crippen LogP contribution in [-0.2, 0) is 6.42 Å². The molecule has 110 valence electrons. The molecule has 0 bridgehead atoms. The smallest absolute Gasteiger partial charge is 0.257 e. The standard InChI is InChI=1S/C16H23NO3/c1-3-12-7-6-8-13(14(12)18)15(19)17(2)11-16(20)9-4-5-10-16/h6-8,18,20H,3-5,9-11H2,1-2H3. The van der Waals surface area contributed by atoms with Crippen molar-refractivity contribution >= 4 is 5.91 Å². The molecule has 4 nitrogen and oxygen atoms in total. The molecule has 0 radical (unpaired) electrons. The molecule has 0 spiro atoms. The molecule has 1 aliphatic carbocycles. The minimum Gasteiger partial charge on any atom is -0.507 e. The lowest BCUT2D eigenvalue weighted by molar-refractivity contribution is 0.0155. The maximum absolute atomic E-state index is 12.4. The molecule has 1 saturated carbocycles. The van der Waals surface area contributed by atoms with Gasteiger partial charge in [0.2, 0.25) is 0 Å². The van der Waals surface area contributed by atoms with E-state index >= 15 is 0 Å². The van der Waals surface area contributed by atoms with Crippen LogP contribution in [-0.4, -0.2) is 40.2 Å². The number of aryl methyl sites for hydroxylation is 1. The second-order valence-electron chi connectivity index (χ2n) is 5.76. The monoisotopic (exact) mass is 277 g/mol. The molecule has 2 rings (SSSR count). The number of amides is 1. The van der Waals surface area contributed by atoms with E-state index in [0.29, 0.717) is 18.5 Å². The Balaban J connectivity index is 2.14. The van der Waals surface area contributed by atoms with Crippen LogP contribution in [0.25, 0.3) is 0 Å². The second kappa shape index (κ2) is 5.83. The molecular weight excluding hydrogens is 254 g/mol. The number of phenols is 1. The molecular formula is C16H23NO3. The summed E-state index contributed by atoms with van der Waals surface area (Å²) in [6.45, 7) is 2.26. The summed E-state index contributed by atoms with van der Waals surface area (Å²) in [6, 6.07) is 5.23. The van der Waals surface area contributed by atoms with E-state index in [4.69, 9.17) is 0 Å². The zero-order valence-electron chi connectivity index (χ0n) is 12.2. The number of likely N-dealkylation sites (N-methyl/N-ethyl adjacent to an activating group) is 1. The van der Waals surface area contributed by atoms with Gasteiger partial charge in [-0.25, -0.2) is 0 Å². The molecule has 20 heavy (non-hydrogen) atoms. The molecule has 0 aliphatic heterocycles. The van der Waals surface area contributed by atoms with Crippen molar-refractivity contribution < 1.29 is 15.0 Å². The van der Waals surface area contributed by atoms with Gasteiger partial charge in [0.15, 0.2) is 0 Å². The van der Waals surface area contributed by atoms with Gasteiger partial charge >= 0.3 is 0 Å². The molecule has 1 amide bonds. The first kappa shape index (κ1) is 14.9. The zero-order chi connectivity index (χ0) is 14.8. The number of hydrogen-bond donors (Lipinski definition) is 2. The number of nitrogens with zero attached hydrogens (tertiary/aromatic N) is 1. The Labute approximate surface area is 120 Å². The van der Waals surface area contributed by atoms with Gasteiger partial charge in [0.25, 0.3) is 5.91 Å². The molecule has 0 saturated heterocycles. The van der Waals surface area contributed by atoms with Crippen LogP contribution in [0.5, 0.6) is 5.75 Å². The van der Waals surface area contributed by atoms with Crippen molar-refractivity contribution in [1.29, 1.82) is 0 Å². The molecule has 1 aromatic rings. The Morgan fingerprint density at radius 2 is 2.00 bits per heavy atom. The van der Waals surface area contributed by atoms with Gasteiger partial charge in [-0.2, -0.15) is 0 Å². The Kier molecular flexibility index (Phi) is 4.33. The Morgan fingerprint density at radius 1 is 1.35 bits per heavy atom. The van der Waals surface area contributed by atoms with Crippen LogP contribution in [0.3, 0.4) is 0 Å². The first-order valence-corrected chi connectivity index (χ1v) is 7.25. The summed E-state index contributed by atoms with van der Waals surface area (Å²) in [5.41, 5.74) is 0.319. The highest BCUT2D eigenvalue weighted by atomic mass is 16.3. The number of phenolic OH excluding ortho intramolecular Hbond substituents is 1. The summed E-state index contributed by atoms with van der Waals surface area (Å²) in [5.74, 6) is -0.177. The highest BCUT2D eigenvalue weighted by molar-refractivity contribution is 5.97. The van der Waals surface area contributed by atoms with Crippen molar-refractivity contribution in [1.82, 2.24) is 4.90 Å². The summed E-state index contributed by atoms with van der Waals surface area (Å²) in [6.07, 6.45) is 4.18. The van der Waals surface area contributed by atoms with E-state index in [2.05, 4.69) is 0 Å². The number of aromatic hydroxyl groups is 1. The third-order valence-corrected chi connectivity index (χ3v) is 4.14. The fourth-order valence-corrected chi connectivity index (χ4v) is 2.96. The third-order valence-electron chi connectivity index (χ3n) is 4.14. The summed E-state index contributed by atoms with van der Waals surface area (Å²) in [4.78, 5) is 13.9. The minimum atomic E-state index is -0.762. The minimum absolute atomic E-state index is 0.0604. The second-order valence-corrected chi connectivity index (χ2v) is 5.76. The van der Waals surface area contributed by atoms with Gasteiger partial charge < -0.3 is 15.1 Å². The molecule has 1 aliphatic rings. The van der Waals surface area contributed by atoms with Gasteiger partial charge in [-0.1, -0.05) is 31.9 Å². The molecule has 4 heteroatoms. The lowest BCUT2D eigenvalue weighted by Crippen LogP contribution is -2.42. The predicted octanol–water partition coefficient (Wildman–Crippen LogP) is 2.33. The van der Waals surface area contributed by atoms with Crippen LogP contribution < -0.4 is 0 Å². The van der Waals surface area contributed by atoms with Crippen molar-refractivity contribution in [2.45, 2.75) is 44.6 Å². The van der Waals surface area contributed by atoms with E-state index < -0.39 is 5.60 Å². The number of aliphatic hydroxyl groups is 1. The fourth-order valence-electron chi connectivity index (χ4n) is 2.96. The lowest BCUT2D eigenvalue weighted by Gasteiger charge is -2.29. The average molecular weight is 277 g/mol. The quantitative estimate of drug-likeness (QED) is 0.888. The molecule has 0 atom stereocenters. The Bertz CT molecular complexity index is 492. The van der Waals surface area contributed by atoms with Crippen molar-refractivity contribution in [2.75, 3.05) is 13.6 Å². The SMILES string of the molecule is CCc1cccc(C(=O)N(C)CC2(O)CCCC2)c1O. The molecule has 0 heterocycles. The van der Waals surface area contributed by atoms with Crippen molar-refractivity contribution in [3.63, 3.8) is 0 Å². The predicted molar refractivity (Wildman–Crippen MR) is 77.9 cm³/mol. The van der Waals surface area contributed by atoms with E-state index in [0.717, 1.165) is 31.2 Å². The van der Waals surface area contributed by atoms with Crippen LogP contribution in [0, 0.1) is 0 Å². The number of para-hydroxylation sites is 1. The van der Waals surface area contributed by atoms with Crippen molar-refractivity contribution in [3.05, 3.63) is 29.3 Å². The highest BCUT2D eigenvalue weighted by Gasteiger charge is 2.34. The summed E-state index contributed by atoms with van der Waals surface area (Å²) in [7, 11) is 1.68. The topological polar surface area (TPSA) is 60.8 Å². The number of carbonyl (C=O) groups excluding carboxylic acids is 1. The van der Waals surface area contributed by atoms with E-state index in [9.17, 15) is 15.0 Å². The van der Waals surface area contributed by atoms with Crippen LogP contribution in [0.15, 0.2) is 18.2 Å². The highest BCUT2D eigenvalue weighted by Crippen LogP contribution is 2.31. The van der Waals surface area contributed by atoms with Gasteiger partial charge in [0.1, 0.15) is 5.75 Å². The Morgan fingerprint density at radius 3 is 2.60 bits per heavy atom. The molecule has 2 N–H and O–H groups in total. The normalized spacial score (nSPS) is 17.1. The van der Waals surface area contributed by atoms with Gasteiger partial charge in [0.05, 0.1) is 11.2 Å². The number of benzene rings is 1. The van der Waals surface area contributed by atoms with Crippen molar-refractivity contribution in [3.8, 4) is 5.75 Å². The zero-order valence-corrected chi connectivity index (χ0v) is 12.2. The van der Waals surface area contributed by atoms with Gasteiger partial charge in [-0.05, 0) is 30.9 Å². The van der Waals surface area contributed by atoms with Crippen LogP contribution in [0.1, 0.15) is 48.5 Å². The molecule has 0 aromatic heterocycles. The molecule has 0 unspecified atom stereocenters. The van der Waals surface area contributed by atoms with Gasteiger partial charge in [-0.3, -0.25) is 4.79 Å². The largest absolute Gasteiger partial charge is 0.507 e. The van der Waals surface area contributed by atoms with Crippen LogP contribution in [0.4, 0.5) is 0 Å². The summed E-state index contributed by atoms with van der Waals surface area (Å²) < 4.78 is 0. The van der Waals surface area contributed by atoms with E-state index in [1.165, 1.54) is 4.90 Å². The van der Waals surface area contributed by atoms with Gasteiger partial charge in [-0.15, -0.1) is 0 Å². The lowest BCUT2D eigenvalue weighted by atomic mass is 10.0. The first-order chi connectivity index (χ1) is 9.47. The van der Waals surface area contributed by atoms with Crippen LogP contribution in [0.2, 0.25) is 0 Å². The van der Waals surface area contributed by atoms with Crippen LogP contribution >= 0.6 is 0 Å². The number of carbonyl (C=O) groups is 1. The average Bonchev–Trinajstić information content (AvgIpc) is 2.84. The maximum Gasteiger partial charge on any atom is 0.257 e. The first-order valence-electron chi connectivity index (χ1n) is 7.25. The third kappa shape index (κ3) is 2.96. The number of rotatable bonds is 4. The van der Waals surface area contributed by atoms with Gasteiger partial charge in [0, 0.05) is 13.6 Å². The Hall–Kier alpha value is -1.55. The molecule has 1 fully saturated rings. The summed E-state index contributed by atoms with van der Waals surface area (Å²) in [5, 5.41) is 20.5. The fraction of sp³-hybridized carbons (Fsp3) is 0.562. The summed E-state index contributed by atoms with van der Waals surface area (Å²) >= 11 is 0. The van der Waals surface area contributed by atoms with Crippen molar-refractivity contribution in [2.24, 2.45) is 0 Å². The van der Waals surface area contributed by atoms with E-state index in [1.54, 1.807) is 19.2 Å². The number of hydrogen-bond acceptors (Lipinski definition) is 3.